The van der Waals surface area contributed by atoms with Crippen LogP contribution in [-0.4, -0.2) is 143 Å². The average Bonchev–Trinajstić information content (AvgIpc) is 3.75. The van der Waals surface area contributed by atoms with Crippen molar-refractivity contribution >= 4 is 76.0 Å². The molecule has 26 heteroatoms. The molecule has 9 amide bonds. The molecule has 2 aromatic carbocycles. The van der Waals surface area contributed by atoms with Crippen LogP contribution in [0.5, 0.6) is 0 Å². The highest BCUT2D eigenvalue weighted by molar-refractivity contribution is 5.99. The van der Waals surface area contributed by atoms with Gasteiger partial charge >= 0.3 is 0 Å². The molecule has 4 rings (SSSR count). The Morgan fingerprint density at radius 2 is 1.34 bits per heavy atom. The number of carbonyl (C=O) groups excluding carboxylic acids is 9. The highest BCUT2D eigenvalue weighted by atomic mass is 16.3. The number of amides is 9. The lowest BCUT2D eigenvalue weighted by Crippen LogP contribution is -2.62. The fourth-order valence-corrected chi connectivity index (χ4v) is 8.04. The van der Waals surface area contributed by atoms with Crippen LogP contribution in [0, 0.1) is 0 Å². The third-order valence-corrected chi connectivity index (χ3v) is 11.9. The van der Waals surface area contributed by atoms with Gasteiger partial charge in [0.15, 0.2) is 11.9 Å². The first-order chi connectivity index (χ1) is 35.2. The van der Waals surface area contributed by atoms with Crippen molar-refractivity contribution in [2.75, 3.05) is 19.6 Å². The van der Waals surface area contributed by atoms with Crippen LogP contribution in [0.2, 0.25) is 0 Å². The fraction of sp³-hybridized carbons (Fsp3) is 0.479. The molecule has 0 spiro atoms. The molecule has 1 aliphatic heterocycles. The van der Waals surface area contributed by atoms with Crippen LogP contribution in [0.25, 0.3) is 10.9 Å². The van der Waals surface area contributed by atoms with Crippen LogP contribution in [0.15, 0.2) is 70.8 Å². The summed E-state index contributed by atoms with van der Waals surface area (Å²) in [5, 5.41) is 32.4. The Kier molecular flexibility index (Phi) is 23.1. The Bertz CT molecular complexity index is 2490. The van der Waals surface area contributed by atoms with Gasteiger partial charge in [0.25, 0.3) is 0 Å². The maximum absolute atomic E-state index is 14.5. The van der Waals surface area contributed by atoms with Crippen LogP contribution in [-0.2, 0) is 56.0 Å². The zero-order valence-electron chi connectivity index (χ0n) is 41.5. The topological polar surface area (TPSA) is 441 Å². The number of fused-ring (bicyclic) bond motifs is 1. The number of aliphatic imine (C=N–C) groups is 2. The van der Waals surface area contributed by atoms with Crippen molar-refractivity contribution in [1.29, 1.82) is 0 Å². The predicted molar refractivity (Wildman–Crippen MR) is 274 cm³/mol. The van der Waals surface area contributed by atoms with Crippen LogP contribution < -0.4 is 71.2 Å². The Balaban J connectivity index is 1.76. The maximum atomic E-state index is 14.5. The Morgan fingerprint density at radius 3 is 2.00 bits per heavy atom. The summed E-state index contributed by atoms with van der Waals surface area (Å²) in [7, 11) is 0. The van der Waals surface area contributed by atoms with Crippen molar-refractivity contribution in [3.63, 3.8) is 0 Å². The fourth-order valence-electron chi connectivity index (χ4n) is 8.04. The van der Waals surface area contributed by atoms with Gasteiger partial charge in [0, 0.05) is 56.5 Å². The molecule has 1 aliphatic rings. The number of primary amides is 1. The summed E-state index contributed by atoms with van der Waals surface area (Å²) in [6.07, 6.45) is -0.168. The number of aliphatic hydroxyl groups is 1. The lowest BCUT2D eigenvalue weighted by atomic mass is 10.0. The van der Waals surface area contributed by atoms with Gasteiger partial charge in [-0.05, 0) is 69.1 Å². The second kappa shape index (κ2) is 29.3. The van der Waals surface area contributed by atoms with E-state index in [4.69, 9.17) is 28.7 Å². The molecule has 1 saturated heterocycles. The number of guanidine groups is 2. The molecule has 2 heterocycles. The molecule has 1 fully saturated rings. The third-order valence-electron chi connectivity index (χ3n) is 11.9. The van der Waals surface area contributed by atoms with Gasteiger partial charge in [-0.15, -0.1) is 0 Å². The van der Waals surface area contributed by atoms with Crippen LogP contribution in [0.4, 0.5) is 0 Å². The molecular weight excluding hydrogens is 961 g/mol. The normalized spacial score (nSPS) is 21.7. The van der Waals surface area contributed by atoms with Crippen molar-refractivity contribution in [3.05, 3.63) is 71.9 Å². The zero-order valence-corrected chi connectivity index (χ0v) is 41.5. The monoisotopic (exact) mass is 1030 g/mol. The third kappa shape index (κ3) is 19.4. The van der Waals surface area contributed by atoms with Gasteiger partial charge in [-0.2, -0.15) is 0 Å². The zero-order chi connectivity index (χ0) is 54.3. The molecule has 74 heavy (non-hydrogen) atoms. The number of aromatic nitrogens is 1. The Hall–Kier alpha value is -8.29. The van der Waals surface area contributed by atoms with Crippen LogP contribution in [0.1, 0.15) is 76.3 Å². The van der Waals surface area contributed by atoms with Crippen molar-refractivity contribution in [1.82, 2.24) is 47.5 Å². The van der Waals surface area contributed by atoms with E-state index in [-0.39, 0.29) is 89.3 Å². The second-order valence-corrected chi connectivity index (χ2v) is 17.9. The van der Waals surface area contributed by atoms with E-state index in [0.29, 0.717) is 11.1 Å². The van der Waals surface area contributed by atoms with Gasteiger partial charge in [0.05, 0.1) is 12.5 Å². The number of aromatic amines is 1. The largest absolute Gasteiger partial charge is 0.391 e. The number of nitrogens with zero attached hydrogens (tertiary/aromatic N) is 2. The number of para-hydroxylation sites is 1. The molecule has 402 valence electrons. The van der Waals surface area contributed by atoms with E-state index in [2.05, 4.69) is 57.5 Å². The molecule has 8 atom stereocenters. The Labute approximate surface area is 427 Å². The summed E-state index contributed by atoms with van der Waals surface area (Å²) in [4.78, 5) is 135. The number of hydrogen-bond donors (Lipinski definition) is 15. The summed E-state index contributed by atoms with van der Waals surface area (Å²) in [5.41, 5.74) is 29.6. The highest BCUT2D eigenvalue weighted by Crippen LogP contribution is 2.20. The van der Waals surface area contributed by atoms with E-state index in [0.717, 1.165) is 10.9 Å². The van der Waals surface area contributed by atoms with Gasteiger partial charge in [0.1, 0.15) is 42.3 Å². The van der Waals surface area contributed by atoms with Crippen LogP contribution in [0.3, 0.4) is 0 Å². The summed E-state index contributed by atoms with van der Waals surface area (Å²) < 4.78 is 0. The molecule has 3 aromatic rings. The predicted octanol–water partition coefficient (Wildman–Crippen LogP) is -3.97. The van der Waals surface area contributed by atoms with Crippen molar-refractivity contribution in [2.24, 2.45) is 38.7 Å². The smallest absolute Gasteiger partial charge is 0.245 e. The minimum atomic E-state index is -1.80. The summed E-state index contributed by atoms with van der Waals surface area (Å²) in [6.45, 7) is 2.49. The van der Waals surface area contributed by atoms with E-state index in [1.54, 1.807) is 42.6 Å². The molecule has 0 bridgehead atoms. The van der Waals surface area contributed by atoms with Crippen molar-refractivity contribution < 1.29 is 48.3 Å². The number of rotatable bonds is 17. The number of aliphatic hydroxyl groups excluding tert-OH is 1. The highest BCUT2D eigenvalue weighted by Gasteiger charge is 2.36. The van der Waals surface area contributed by atoms with Gasteiger partial charge < -0.3 is 81.3 Å². The summed E-state index contributed by atoms with van der Waals surface area (Å²) >= 11 is 0. The molecule has 0 unspecified atom stereocenters. The number of carbonyl (C=O) groups is 9. The van der Waals surface area contributed by atoms with Gasteiger partial charge in [0.2, 0.25) is 53.2 Å². The number of H-pyrrole nitrogens is 1. The minimum Gasteiger partial charge on any atom is -0.391 e. The molecular formula is C48H70N16O10. The van der Waals surface area contributed by atoms with Gasteiger partial charge in [-0.25, -0.2) is 0 Å². The summed E-state index contributed by atoms with van der Waals surface area (Å²) in [6, 6.07) is 5.54. The molecule has 0 aliphatic carbocycles. The van der Waals surface area contributed by atoms with E-state index in [9.17, 15) is 48.3 Å². The number of nitrogens with two attached hydrogens (primary N) is 5. The maximum Gasteiger partial charge on any atom is 0.245 e. The number of benzene rings is 2. The minimum absolute atomic E-state index is 0.00257. The van der Waals surface area contributed by atoms with Gasteiger partial charge in [-0.1, -0.05) is 48.5 Å². The molecule has 26 nitrogen and oxygen atoms in total. The van der Waals surface area contributed by atoms with E-state index in [1.165, 1.54) is 13.8 Å². The SMILES string of the molecule is CC(=O)N[C@@H](CCCN=C(N)N)C(=O)N[C@H]1CC(=O)NCCCC[C@@H](C(N)=O)NC(=O)[C@H](Cc2c[nH]c3ccccc23)NC(=O)[C@H](CCCN=C(N)N)NC(=O)[C@@H](Cc2ccccc2)NC(=O)[C@H]([C@@H](C)O)NC1=O. The quantitative estimate of drug-likeness (QED) is 0.0349. The van der Waals surface area contributed by atoms with E-state index < -0.39 is 108 Å². The standard InChI is InChI=1S/C48H70N16O10/c1-26(65)39-46(74)63-35(22-28-12-4-3-5-13-28)43(71)60-34(18-11-21-56-48(52)53)42(70)61-36(23-29-25-57-31-15-7-6-14-30(29)31)44(72)59-32(40(49)68)16-8-9-19-54-38(67)24-37(45(73)64-39)62-41(69)33(58-27(2)66)17-10-20-55-47(50)51/h3-7,12-15,25-26,32-37,39,57,65H,8-11,16-24H2,1-2H3,(H2,49,68)(H,54,67)(H,58,66)(H,59,72)(H,60,71)(H,61,70)(H,62,69)(H,63,74)(H,64,73)(H4,50,51,55)(H4,52,53,56)/t26-,32+,33+,34+,35-,36+,37+,39+/m1/s1. The molecule has 0 saturated carbocycles. The summed E-state index contributed by atoms with van der Waals surface area (Å²) in [5.74, 6) is -8.17. The van der Waals surface area contributed by atoms with Gasteiger partial charge in [-0.3, -0.25) is 53.1 Å². The first kappa shape index (κ1) is 58.3. The lowest BCUT2D eigenvalue weighted by molar-refractivity contribution is -0.137. The molecule has 0 radical (unpaired) electrons. The van der Waals surface area contributed by atoms with Crippen molar-refractivity contribution in [3.8, 4) is 0 Å². The second-order valence-electron chi connectivity index (χ2n) is 17.9. The molecule has 20 N–H and O–H groups in total. The number of nitrogens with one attached hydrogen (secondary N) is 9. The van der Waals surface area contributed by atoms with E-state index >= 15 is 0 Å². The first-order valence-electron chi connectivity index (χ1n) is 24.2. The van der Waals surface area contributed by atoms with Crippen molar-refractivity contribution in [2.45, 2.75) is 126 Å². The first-order valence-corrected chi connectivity index (χ1v) is 24.2. The van der Waals surface area contributed by atoms with E-state index in [1.807, 2.05) is 18.2 Å². The molecule has 1 aromatic heterocycles. The average molecular weight is 1030 g/mol. The Morgan fingerprint density at radius 1 is 0.730 bits per heavy atom. The van der Waals surface area contributed by atoms with Crippen LogP contribution >= 0.6 is 0 Å². The number of hydrogen-bond acceptors (Lipinski definition) is 12. The lowest BCUT2D eigenvalue weighted by Gasteiger charge is -2.28.